The number of nitriles is 1. The van der Waals surface area contributed by atoms with Crippen LogP contribution in [-0.4, -0.2) is 0 Å². The molecule has 0 aromatic heterocycles. The third-order valence-electron chi connectivity index (χ3n) is 1.38. The van der Waals surface area contributed by atoms with Crippen LogP contribution < -0.4 is 0 Å². The maximum absolute atomic E-state index is 12.2. The Labute approximate surface area is 76.8 Å². The summed E-state index contributed by atoms with van der Waals surface area (Å²) in [6, 6.07) is 6.02. The van der Waals surface area contributed by atoms with Gasteiger partial charge >= 0.3 is 0 Å². The molecule has 0 fully saturated rings. The number of rotatable bonds is 1. The average molecular weight is 232 g/mol. The van der Waals surface area contributed by atoms with E-state index in [1.54, 1.807) is 0 Å². The molecule has 0 spiro atoms. The lowest BCUT2D eigenvalue weighted by Gasteiger charge is -2.02. The molecular weight excluding hydrogens is 228 g/mol. The molecule has 1 aromatic rings. The third-order valence-corrected chi connectivity index (χ3v) is 2.27. The Morgan fingerprint density at radius 2 is 2.08 bits per heavy atom. The molecule has 0 atom stereocenters. The predicted molar refractivity (Wildman–Crippen MR) is 43.8 cm³/mol. The van der Waals surface area contributed by atoms with Crippen molar-refractivity contribution in [2.45, 2.75) is 6.43 Å². The van der Waals surface area contributed by atoms with Crippen molar-refractivity contribution in [1.82, 2.24) is 0 Å². The summed E-state index contributed by atoms with van der Waals surface area (Å²) in [4.78, 5) is 0. The highest BCUT2D eigenvalue weighted by atomic mass is 79.9. The predicted octanol–water partition coefficient (Wildman–Crippen LogP) is 3.26. The van der Waals surface area contributed by atoms with E-state index in [9.17, 15) is 8.78 Å². The molecule has 0 amide bonds. The van der Waals surface area contributed by atoms with Crippen LogP contribution in [0.25, 0.3) is 0 Å². The number of halogens is 3. The van der Waals surface area contributed by atoms with Gasteiger partial charge in [0.2, 0.25) is 0 Å². The van der Waals surface area contributed by atoms with Gasteiger partial charge in [-0.05, 0) is 22.0 Å². The summed E-state index contributed by atoms with van der Waals surface area (Å²) >= 11 is 2.94. The highest BCUT2D eigenvalue weighted by molar-refractivity contribution is 9.10. The molecule has 0 saturated carbocycles. The largest absolute Gasteiger partial charge is 0.264 e. The molecule has 1 rings (SSSR count). The molecule has 4 heteroatoms. The van der Waals surface area contributed by atoms with E-state index in [-0.39, 0.29) is 15.6 Å². The van der Waals surface area contributed by atoms with Gasteiger partial charge in [-0.1, -0.05) is 12.1 Å². The number of benzene rings is 1. The second-order valence-electron chi connectivity index (χ2n) is 2.12. The molecule has 1 nitrogen and oxygen atoms in total. The maximum Gasteiger partial charge on any atom is 0.264 e. The Balaban J connectivity index is 3.25. The van der Waals surface area contributed by atoms with Crippen molar-refractivity contribution in [3.8, 4) is 6.07 Å². The Morgan fingerprint density at radius 1 is 1.42 bits per heavy atom. The molecule has 0 radical (unpaired) electrons. The summed E-state index contributed by atoms with van der Waals surface area (Å²) in [5.41, 5.74) is 0.0850. The zero-order valence-corrected chi connectivity index (χ0v) is 7.48. The number of nitrogens with zero attached hydrogens (tertiary/aromatic N) is 1. The molecule has 0 aliphatic carbocycles. The van der Waals surface area contributed by atoms with E-state index >= 15 is 0 Å². The lowest BCUT2D eigenvalue weighted by molar-refractivity contribution is 0.150. The standard InChI is InChI=1S/C8H4BrF2N/c9-7-5(4-12)2-1-3-6(7)8(10)11/h1-3,8H. The molecule has 0 heterocycles. The van der Waals surface area contributed by atoms with Gasteiger partial charge in [0, 0.05) is 10.0 Å². The fourth-order valence-electron chi connectivity index (χ4n) is 0.805. The first-order valence-electron chi connectivity index (χ1n) is 3.13. The first-order chi connectivity index (χ1) is 5.66. The van der Waals surface area contributed by atoms with Crippen LogP contribution in [0, 0.1) is 11.3 Å². The van der Waals surface area contributed by atoms with Crippen molar-refractivity contribution in [3.63, 3.8) is 0 Å². The molecule has 0 bridgehead atoms. The van der Waals surface area contributed by atoms with Crippen LogP contribution in [0.1, 0.15) is 17.6 Å². The zero-order chi connectivity index (χ0) is 9.14. The van der Waals surface area contributed by atoms with E-state index in [0.717, 1.165) is 0 Å². The van der Waals surface area contributed by atoms with Crippen LogP contribution in [-0.2, 0) is 0 Å². The molecule has 0 saturated heterocycles. The van der Waals surface area contributed by atoms with E-state index in [1.807, 2.05) is 6.07 Å². The summed E-state index contributed by atoms with van der Waals surface area (Å²) in [6.07, 6.45) is -2.55. The molecule has 0 aliphatic heterocycles. The van der Waals surface area contributed by atoms with E-state index in [2.05, 4.69) is 15.9 Å². The minimum Gasteiger partial charge on any atom is -0.205 e. The smallest absolute Gasteiger partial charge is 0.205 e. The number of hydrogen-bond acceptors (Lipinski definition) is 1. The summed E-state index contributed by atoms with van der Waals surface area (Å²) in [7, 11) is 0. The van der Waals surface area contributed by atoms with Crippen LogP contribution in [0.15, 0.2) is 22.7 Å². The molecule has 0 unspecified atom stereocenters. The fraction of sp³-hybridized carbons (Fsp3) is 0.125. The fourth-order valence-corrected chi connectivity index (χ4v) is 1.33. The van der Waals surface area contributed by atoms with Gasteiger partial charge in [0.1, 0.15) is 6.07 Å². The third kappa shape index (κ3) is 1.62. The zero-order valence-electron chi connectivity index (χ0n) is 5.89. The van der Waals surface area contributed by atoms with Gasteiger partial charge in [0.05, 0.1) is 5.56 Å². The highest BCUT2D eigenvalue weighted by Crippen LogP contribution is 2.29. The van der Waals surface area contributed by atoms with Crippen molar-refractivity contribution < 1.29 is 8.78 Å². The van der Waals surface area contributed by atoms with Crippen LogP contribution in [0.2, 0.25) is 0 Å². The summed E-state index contributed by atoms with van der Waals surface area (Å²) in [5.74, 6) is 0. The number of hydrogen-bond donors (Lipinski definition) is 0. The van der Waals surface area contributed by atoms with Gasteiger partial charge < -0.3 is 0 Å². The van der Waals surface area contributed by atoms with Gasteiger partial charge in [-0.3, -0.25) is 0 Å². The average Bonchev–Trinajstić information content (AvgIpc) is 2.04. The topological polar surface area (TPSA) is 23.8 Å². The van der Waals surface area contributed by atoms with Gasteiger partial charge in [-0.2, -0.15) is 5.26 Å². The van der Waals surface area contributed by atoms with Gasteiger partial charge in [-0.25, -0.2) is 8.78 Å². The van der Waals surface area contributed by atoms with Crippen molar-refractivity contribution in [3.05, 3.63) is 33.8 Å². The molecule has 12 heavy (non-hydrogen) atoms. The van der Waals surface area contributed by atoms with Crippen molar-refractivity contribution in [2.75, 3.05) is 0 Å². The van der Waals surface area contributed by atoms with E-state index in [1.165, 1.54) is 18.2 Å². The van der Waals surface area contributed by atoms with Crippen molar-refractivity contribution in [1.29, 1.82) is 5.26 Å². The van der Waals surface area contributed by atoms with Crippen LogP contribution in [0.5, 0.6) is 0 Å². The summed E-state index contributed by atoms with van der Waals surface area (Å²) in [6.45, 7) is 0. The van der Waals surface area contributed by atoms with Gasteiger partial charge in [0.25, 0.3) is 6.43 Å². The van der Waals surface area contributed by atoms with Gasteiger partial charge in [-0.15, -0.1) is 0 Å². The second kappa shape index (κ2) is 3.63. The first kappa shape index (κ1) is 9.14. The summed E-state index contributed by atoms with van der Waals surface area (Å²) < 4.78 is 24.6. The van der Waals surface area contributed by atoms with E-state index in [4.69, 9.17) is 5.26 Å². The van der Waals surface area contributed by atoms with Crippen LogP contribution in [0.4, 0.5) is 8.78 Å². The molecule has 0 N–H and O–H groups in total. The molecule has 62 valence electrons. The lowest BCUT2D eigenvalue weighted by atomic mass is 10.1. The molecular formula is C8H4BrF2N. The maximum atomic E-state index is 12.2. The Morgan fingerprint density at radius 3 is 2.58 bits per heavy atom. The monoisotopic (exact) mass is 231 g/mol. The lowest BCUT2D eigenvalue weighted by Crippen LogP contribution is -1.88. The van der Waals surface area contributed by atoms with Crippen LogP contribution >= 0.6 is 15.9 Å². The van der Waals surface area contributed by atoms with Gasteiger partial charge in [0.15, 0.2) is 0 Å². The van der Waals surface area contributed by atoms with Crippen molar-refractivity contribution >= 4 is 15.9 Å². The minimum absolute atomic E-state index is 0.144. The first-order valence-corrected chi connectivity index (χ1v) is 3.92. The minimum atomic E-state index is -2.55. The Bertz CT molecular complexity index is 330. The summed E-state index contributed by atoms with van der Waals surface area (Å²) in [5, 5.41) is 8.50. The highest BCUT2D eigenvalue weighted by Gasteiger charge is 2.13. The second-order valence-corrected chi connectivity index (χ2v) is 2.91. The Kier molecular flexibility index (Phi) is 2.77. The quantitative estimate of drug-likeness (QED) is 0.728. The van der Waals surface area contributed by atoms with Crippen molar-refractivity contribution in [2.24, 2.45) is 0 Å². The molecule has 1 aromatic carbocycles. The van der Waals surface area contributed by atoms with Crippen LogP contribution in [0.3, 0.4) is 0 Å². The SMILES string of the molecule is N#Cc1cccc(C(F)F)c1Br. The van der Waals surface area contributed by atoms with E-state index < -0.39 is 6.43 Å². The number of alkyl halides is 2. The molecule has 0 aliphatic rings. The van der Waals surface area contributed by atoms with E-state index in [0.29, 0.717) is 0 Å². The normalized spacial score (nSPS) is 9.92. The Hall–Kier alpha value is -0.950.